The summed E-state index contributed by atoms with van der Waals surface area (Å²) < 4.78 is 36.8. The first kappa shape index (κ1) is 24.5. The smallest absolute Gasteiger partial charge is 0.273 e. The Morgan fingerprint density at radius 2 is 2.14 bits per heavy atom. The second-order valence-electron chi connectivity index (χ2n) is 10.2. The number of aryl methyl sites for hydroxylation is 1. The summed E-state index contributed by atoms with van der Waals surface area (Å²) in [6.45, 7) is 4.69. The molecular weight excluding hydrogens is 474 g/mol. The van der Waals surface area contributed by atoms with Crippen LogP contribution in [-0.2, 0) is 24.2 Å². The maximum absolute atomic E-state index is 13.0. The molecule has 1 aliphatic heterocycles. The van der Waals surface area contributed by atoms with Gasteiger partial charge in [-0.2, -0.15) is 0 Å². The Balaban J connectivity index is 1.00. The zero-order chi connectivity index (χ0) is 24.4. The topological polar surface area (TPSA) is 80.8 Å². The van der Waals surface area contributed by atoms with Gasteiger partial charge in [0.15, 0.2) is 0 Å². The monoisotopic (exact) mass is 506 g/mol. The molecule has 0 spiro atoms. The number of rotatable bonds is 8. The number of fused-ring (bicyclic) bond motifs is 1. The van der Waals surface area contributed by atoms with Crippen molar-refractivity contribution >= 4 is 23.5 Å². The molecule has 2 fully saturated rings. The van der Waals surface area contributed by atoms with Crippen LogP contribution in [0.3, 0.4) is 0 Å². The van der Waals surface area contributed by atoms with E-state index in [1.165, 1.54) is 16.2 Å². The Hall–Kier alpha value is -2.20. The SMILES string of the molecule is Cc1cc(CC(=O)N=CC2CCC(CCN3CCc4sc(OC5CC(F)(F)C5)nc4C3)CC2)on1. The van der Waals surface area contributed by atoms with E-state index in [0.29, 0.717) is 22.8 Å². The number of hydrogen-bond donors (Lipinski definition) is 0. The molecule has 0 saturated heterocycles. The van der Waals surface area contributed by atoms with Crippen molar-refractivity contribution in [1.29, 1.82) is 0 Å². The fourth-order valence-corrected chi connectivity index (χ4v) is 6.15. The number of amides is 1. The third kappa shape index (κ3) is 6.52. The molecule has 1 amide bonds. The first-order chi connectivity index (χ1) is 16.8. The van der Waals surface area contributed by atoms with Gasteiger partial charge in [-0.1, -0.05) is 16.5 Å². The van der Waals surface area contributed by atoms with E-state index >= 15 is 0 Å². The Labute approximate surface area is 207 Å². The molecule has 35 heavy (non-hydrogen) atoms. The van der Waals surface area contributed by atoms with Crippen LogP contribution >= 0.6 is 11.3 Å². The number of alkyl halides is 2. The minimum Gasteiger partial charge on any atom is -0.466 e. The van der Waals surface area contributed by atoms with Gasteiger partial charge < -0.3 is 9.26 Å². The molecule has 7 nitrogen and oxygen atoms in total. The maximum Gasteiger partial charge on any atom is 0.273 e. The van der Waals surface area contributed by atoms with Crippen molar-refractivity contribution in [2.75, 3.05) is 13.1 Å². The van der Waals surface area contributed by atoms with E-state index in [4.69, 9.17) is 9.26 Å². The van der Waals surface area contributed by atoms with E-state index in [1.807, 2.05) is 13.1 Å². The number of aliphatic imine (C=N–C) groups is 1. The van der Waals surface area contributed by atoms with Gasteiger partial charge in [-0.15, -0.1) is 0 Å². The molecule has 190 valence electrons. The van der Waals surface area contributed by atoms with Crippen LogP contribution in [0.1, 0.15) is 67.0 Å². The molecule has 2 aromatic rings. The van der Waals surface area contributed by atoms with Crippen LogP contribution in [0, 0.1) is 18.8 Å². The number of thiazole rings is 1. The van der Waals surface area contributed by atoms with Gasteiger partial charge in [-0.3, -0.25) is 9.69 Å². The van der Waals surface area contributed by atoms with Gasteiger partial charge in [0, 0.05) is 43.1 Å². The van der Waals surface area contributed by atoms with Gasteiger partial charge in [0.05, 0.1) is 17.8 Å². The maximum atomic E-state index is 13.0. The molecule has 2 aliphatic carbocycles. The standard InChI is InChI=1S/C25H32F2N4O3S/c1-16-10-19(34-30-16)11-23(32)28-14-18-4-2-17(3-5-18)6-8-31-9-7-22-21(15-31)29-24(35-22)33-20-12-25(26,27)13-20/h10,14,17-18,20H,2-9,11-13,15H2,1H3. The van der Waals surface area contributed by atoms with Crippen molar-refractivity contribution < 1.29 is 22.8 Å². The van der Waals surface area contributed by atoms with Crippen LogP contribution in [0.25, 0.3) is 0 Å². The molecule has 3 aliphatic rings. The van der Waals surface area contributed by atoms with Gasteiger partial charge in [0.2, 0.25) is 0 Å². The lowest BCUT2D eigenvalue weighted by Gasteiger charge is -2.33. The van der Waals surface area contributed by atoms with Crippen LogP contribution in [0.15, 0.2) is 15.6 Å². The van der Waals surface area contributed by atoms with E-state index in [9.17, 15) is 13.6 Å². The average Bonchev–Trinajstić information content (AvgIpc) is 3.40. The molecule has 0 radical (unpaired) electrons. The lowest BCUT2D eigenvalue weighted by Crippen LogP contribution is -2.43. The molecule has 3 heterocycles. The van der Waals surface area contributed by atoms with Gasteiger partial charge in [0.1, 0.15) is 11.9 Å². The fraction of sp³-hybridized carbons (Fsp3) is 0.680. The van der Waals surface area contributed by atoms with Crippen molar-refractivity contribution in [1.82, 2.24) is 15.0 Å². The minimum absolute atomic E-state index is 0.160. The van der Waals surface area contributed by atoms with Crippen LogP contribution in [0.5, 0.6) is 5.19 Å². The second kappa shape index (κ2) is 10.4. The van der Waals surface area contributed by atoms with Crippen molar-refractivity contribution in [3.8, 4) is 5.19 Å². The molecule has 0 aromatic carbocycles. The van der Waals surface area contributed by atoms with Crippen molar-refractivity contribution in [2.24, 2.45) is 16.8 Å². The number of aromatic nitrogens is 2. The highest BCUT2D eigenvalue weighted by Crippen LogP contribution is 2.41. The number of ether oxygens (including phenoxy) is 1. The van der Waals surface area contributed by atoms with Crippen molar-refractivity contribution in [3.05, 3.63) is 28.1 Å². The van der Waals surface area contributed by atoms with Crippen LogP contribution in [-0.4, -0.2) is 52.3 Å². The van der Waals surface area contributed by atoms with Crippen molar-refractivity contribution in [3.63, 3.8) is 0 Å². The number of nitrogens with zero attached hydrogens (tertiary/aromatic N) is 4. The predicted molar refractivity (Wildman–Crippen MR) is 128 cm³/mol. The van der Waals surface area contributed by atoms with Crippen molar-refractivity contribution in [2.45, 2.75) is 83.3 Å². The molecule has 0 N–H and O–H groups in total. The summed E-state index contributed by atoms with van der Waals surface area (Å²) in [6, 6.07) is 1.77. The quantitative estimate of drug-likeness (QED) is 0.468. The lowest BCUT2D eigenvalue weighted by molar-refractivity contribution is -0.134. The Morgan fingerprint density at radius 3 is 2.86 bits per heavy atom. The largest absolute Gasteiger partial charge is 0.466 e. The van der Waals surface area contributed by atoms with E-state index in [2.05, 4.69) is 20.0 Å². The van der Waals surface area contributed by atoms with Crippen LogP contribution in [0.2, 0.25) is 0 Å². The first-order valence-electron chi connectivity index (χ1n) is 12.6. The summed E-state index contributed by atoms with van der Waals surface area (Å²) >= 11 is 1.52. The number of halogens is 2. The zero-order valence-corrected chi connectivity index (χ0v) is 20.9. The van der Waals surface area contributed by atoms with E-state index in [0.717, 1.165) is 69.5 Å². The second-order valence-corrected chi connectivity index (χ2v) is 11.3. The Morgan fingerprint density at radius 1 is 1.34 bits per heavy atom. The normalized spacial score (nSPS) is 24.9. The molecule has 2 saturated carbocycles. The lowest BCUT2D eigenvalue weighted by atomic mass is 9.81. The number of hydrogen-bond acceptors (Lipinski definition) is 7. The molecule has 0 bridgehead atoms. The third-order valence-corrected chi connectivity index (χ3v) is 8.33. The van der Waals surface area contributed by atoms with E-state index < -0.39 is 12.0 Å². The summed E-state index contributed by atoms with van der Waals surface area (Å²) in [4.78, 5) is 24.5. The molecule has 0 unspecified atom stereocenters. The van der Waals surface area contributed by atoms with E-state index in [1.54, 1.807) is 6.07 Å². The molecule has 10 heteroatoms. The molecule has 0 atom stereocenters. The summed E-state index contributed by atoms with van der Waals surface area (Å²) in [7, 11) is 0. The summed E-state index contributed by atoms with van der Waals surface area (Å²) in [6.07, 6.45) is 7.76. The average molecular weight is 507 g/mol. The fourth-order valence-electron chi connectivity index (χ4n) is 5.18. The molecule has 5 rings (SSSR count). The molecular formula is C25H32F2N4O3S. The highest BCUT2D eigenvalue weighted by molar-refractivity contribution is 7.13. The Bertz CT molecular complexity index is 1050. The third-order valence-electron chi connectivity index (χ3n) is 7.28. The van der Waals surface area contributed by atoms with Gasteiger partial charge >= 0.3 is 0 Å². The van der Waals surface area contributed by atoms with Gasteiger partial charge in [-0.25, -0.2) is 18.8 Å². The summed E-state index contributed by atoms with van der Waals surface area (Å²) in [5.41, 5.74) is 1.82. The van der Waals surface area contributed by atoms with Gasteiger partial charge in [0.25, 0.3) is 17.0 Å². The Kier molecular flexibility index (Phi) is 7.29. The minimum atomic E-state index is -2.57. The summed E-state index contributed by atoms with van der Waals surface area (Å²) in [5, 5.41) is 4.35. The van der Waals surface area contributed by atoms with Crippen LogP contribution in [0.4, 0.5) is 8.78 Å². The van der Waals surface area contributed by atoms with Gasteiger partial charge in [-0.05, 0) is 63.8 Å². The highest BCUT2D eigenvalue weighted by atomic mass is 32.1. The van der Waals surface area contributed by atoms with Crippen LogP contribution < -0.4 is 4.74 Å². The first-order valence-corrected chi connectivity index (χ1v) is 13.4. The predicted octanol–water partition coefficient (Wildman–Crippen LogP) is 5.01. The highest BCUT2D eigenvalue weighted by Gasteiger charge is 2.47. The zero-order valence-electron chi connectivity index (χ0n) is 20.0. The molecule has 2 aromatic heterocycles. The number of carbonyl (C=O) groups is 1. The number of carbonyl (C=O) groups excluding carboxylic acids is 1. The van der Waals surface area contributed by atoms with E-state index in [-0.39, 0.29) is 25.2 Å². The summed E-state index contributed by atoms with van der Waals surface area (Å²) in [5.74, 6) is -1.13.